The van der Waals surface area contributed by atoms with Crippen LogP contribution in [-0.2, 0) is 35.2 Å². The number of alkyl halides is 3. The number of rotatable bonds is 9. The second-order valence-corrected chi connectivity index (χ2v) is 9.35. The summed E-state index contributed by atoms with van der Waals surface area (Å²) in [5.74, 6) is -1.07. The third-order valence-electron chi connectivity index (χ3n) is 5.31. The zero-order chi connectivity index (χ0) is 26.5. The van der Waals surface area contributed by atoms with E-state index < -0.39 is 36.3 Å². The van der Waals surface area contributed by atoms with Gasteiger partial charge in [-0.05, 0) is 48.0 Å². The van der Waals surface area contributed by atoms with E-state index in [2.05, 4.69) is 32.9 Å². The average molecular weight is 584 g/mol. The van der Waals surface area contributed by atoms with Crippen molar-refractivity contribution in [3.63, 3.8) is 0 Å². The van der Waals surface area contributed by atoms with Crippen molar-refractivity contribution in [3.05, 3.63) is 93.7 Å². The molecule has 0 saturated heterocycles. The smallest absolute Gasteiger partial charge is 0.342 e. The molecule has 1 unspecified atom stereocenters. The molecule has 36 heavy (non-hydrogen) atoms. The molecular weight excluding hydrogens is 561 g/mol. The Morgan fingerprint density at radius 3 is 2.53 bits per heavy atom. The average Bonchev–Trinajstić information content (AvgIpc) is 3.21. The predicted molar refractivity (Wildman–Crippen MR) is 136 cm³/mol. The van der Waals surface area contributed by atoms with E-state index >= 15 is 0 Å². The number of nitrogens with one attached hydrogen (secondary N) is 1. The van der Waals surface area contributed by atoms with E-state index in [1.54, 1.807) is 37.4 Å². The molecule has 2 aromatic carbocycles. The van der Waals surface area contributed by atoms with Crippen LogP contribution < -0.4 is 10.2 Å². The second kappa shape index (κ2) is 11.7. The molecule has 0 aliphatic rings. The van der Waals surface area contributed by atoms with Crippen LogP contribution in [0.2, 0.25) is 5.02 Å². The molecular formula is C25H23BrClF3N4O2. The molecule has 190 valence electrons. The highest BCUT2D eigenvalue weighted by Gasteiger charge is 2.35. The Kier molecular flexibility index (Phi) is 8.97. The number of benzene rings is 2. The third-order valence-corrected chi connectivity index (χ3v) is 6.05. The van der Waals surface area contributed by atoms with Crippen LogP contribution >= 0.6 is 27.5 Å². The quantitative estimate of drug-likeness (QED) is 0.342. The lowest BCUT2D eigenvalue weighted by Crippen LogP contribution is -2.49. The van der Waals surface area contributed by atoms with Gasteiger partial charge >= 0.3 is 6.18 Å². The van der Waals surface area contributed by atoms with Crippen molar-refractivity contribution in [2.75, 3.05) is 11.9 Å². The molecule has 0 radical (unpaired) electrons. The lowest BCUT2D eigenvalue weighted by atomic mass is 10.0. The van der Waals surface area contributed by atoms with Gasteiger partial charge in [0.15, 0.2) is 5.69 Å². The Balaban J connectivity index is 1.85. The molecule has 11 heteroatoms. The first-order valence-electron chi connectivity index (χ1n) is 10.8. The van der Waals surface area contributed by atoms with Crippen molar-refractivity contribution < 1.29 is 22.8 Å². The number of carbonyl (C=O) groups is 2. The highest BCUT2D eigenvalue weighted by Crippen LogP contribution is 2.29. The summed E-state index contributed by atoms with van der Waals surface area (Å²) in [5.41, 5.74) is 0.420. The number of carbonyl (C=O) groups excluding carboxylic acids is 2. The maximum absolute atomic E-state index is 13.4. The van der Waals surface area contributed by atoms with Gasteiger partial charge in [0.05, 0.1) is 0 Å². The Bertz CT molecular complexity index is 1240. The van der Waals surface area contributed by atoms with Gasteiger partial charge in [-0.15, -0.1) is 6.58 Å². The minimum atomic E-state index is -4.65. The number of likely N-dealkylation sites (N-methyl/N-ethyl adjacent to an activating group) is 1. The van der Waals surface area contributed by atoms with Crippen LogP contribution in [0.4, 0.5) is 18.9 Å². The Morgan fingerprint density at radius 1 is 1.22 bits per heavy atom. The first-order valence-corrected chi connectivity index (χ1v) is 12.0. The van der Waals surface area contributed by atoms with Crippen LogP contribution in [0.15, 0.2) is 71.7 Å². The van der Waals surface area contributed by atoms with Gasteiger partial charge in [0.2, 0.25) is 11.8 Å². The van der Waals surface area contributed by atoms with Gasteiger partial charge in [-0.25, -0.2) is 0 Å². The van der Waals surface area contributed by atoms with Gasteiger partial charge in [-0.3, -0.25) is 14.3 Å². The van der Waals surface area contributed by atoms with E-state index in [0.29, 0.717) is 10.7 Å². The van der Waals surface area contributed by atoms with Crippen LogP contribution in [0.3, 0.4) is 0 Å². The molecule has 0 spiro atoms. The van der Waals surface area contributed by atoms with Crippen LogP contribution in [-0.4, -0.2) is 34.7 Å². The molecule has 0 aliphatic heterocycles. The Labute approximate surface area is 219 Å². The number of allylic oxidation sites excluding steroid dienone is 1. The summed E-state index contributed by atoms with van der Waals surface area (Å²) < 4.78 is 41.3. The van der Waals surface area contributed by atoms with Crippen molar-refractivity contribution >= 4 is 45.0 Å². The second-order valence-electron chi connectivity index (χ2n) is 8.00. The molecule has 0 bridgehead atoms. The lowest BCUT2D eigenvalue weighted by molar-refractivity contribution is -0.141. The van der Waals surface area contributed by atoms with Crippen molar-refractivity contribution in [1.82, 2.24) is 15.1 Å². The minimum Gasteiger partial charge on any atom is -0.342 e. The van der Waals surface area contributed by atoms with Crippen molar-refractivity contribution in [1.29, 1.82) is 0 Å². The fourth-order valence-electron chi connectivity index (χ4n) is 3.54. The van der Waals surface area contributed by atoms with Crippen LogP contribution in [0.1, 0.15) is 17.0 Å². The first-order chi connectivity index (χ1) is 17.0. The van der Waals surface area contributed by atoms with E-state index in [1.165, 1.54) is 11.0 Å². The Hall–Kier alpha value is -3.11. The summed E-state index contributed by atoms with van der Waals surface area (Å²) in [6.07, 6.45) is -2.98. The highest BCUT2D eigenvalue weighted by molar-refractivity contribution is 9.10. The standard InChI is InChI=1S/C25H23BrClF3N4O2/c1-3-5-20-14-22(25(28,29)30)32-34(20)15-23(35)31-21(13-16-6-4-7-17(26)12-16)24(36)33(2)19-10-8-18(27)9-11-19/h3-4,6-12,14,21H,1,5,13,15H2,2H3,(H,31,35). The largest absolute Gasteiger partial charge is 0.435 e. The van der Waals surface area contributed by atoms with E-state index in [4.69, 9.17) is 11.6 Å². The molecule has 0 saturated carbocycles. The van der Waals surface area contributed by atoms with Gasteiger partial charge in [0, 0.05) is 40.8 Å². The maximum Gasteiger partial charge on any atom is 0.435 e. The zero-order valence-corrected chi connectivity index (χ0v) is 21.6. The zero-order valence-electron chi connectivity index (χ0n) is 19.2. The molecule has 3 aromatic rings. The van der Waals surface area contributed by atoms with E-state index in [1.807, 2.05) is 18.2 Å². The maximum atomic E-state index is 13.4. The SMILES string of the molecule is C=CCc1cc(C(F)(F)F)nn1CC(=O)NC(Cc1cccc(Br)c1)C(=O)N(C)c1ccc(Cl)cc1. The molecule has 3 rings (SSSR count). The molecule has 1 aromatic heterocycles. The Morgan fingerprint density at radius 2 is 1.92 bits per heavy atom. The van der Waals surface area contributed by atoms with Crippen molar-refractivity contribution in [2.45, 2.75) is 31.6 Å². The number of nitrogens with zero attached hydrogens (tertiary/aromatic N) is 3. The van der Waals surface area contributed by atoms with Crippen LogP contribution in [0.5, 0.6) is 0 Å². The molecule has 0 aliphatic carbocycles. The molecule has 1 N–H and O–H groups in total. The summed E-state index contributed by atoms with van der Waals surface area (Å²) in [5, 5.41) is 6.73. The normalized spacial score (nSPS) is 12.2. The number of aromatic nitrogens is 2. The van der Waals surface area contributed by atoms with Crippen molar-refractivity contribution in [2.24, 2.45) is 0 Å². The highest BCUT2D eigenvalue weighted by atomic mass is 79.9. The van der Waals surface area contributed by atoms with Crippen molar-refractivity contribution in [3.8, 4) is 0 Å². The van der Waals surface area contributed by atoms with Crippen LogP contribution in [0, 0.1) is 0 Å². The van der Waals surface area contributed by atoms with E-state index in [9.17, 15) is 22.8 Å². The molecule has 1 heterocycles. The third kappa shape index (κ3) is 7.20. The van der Waals surface area contributed by atoms with Crippen LogP contribution in [0.25, 0.3) is 0 Å². The summed E-state index contributed by atoms with van der Waals surface area (Å²) >= 11 is 9.33. The molecule has 6 nitrogen and oxygen atoms in total. The lowest BCUT2D eigenvalue weighted by Gasteiger charge is -2.25. The van der Waals surface area contributed by atoms with Gasteiger partial charge in [0.1, 0.15) is 12.6 Å². The number of anilines is 1. The number of hydrogen-bond donors (Lipinski definition) is 1. The number of amides is 2. The topological polar surface area (TPSA) is 67.2 Å². The number of hydrogen-bond acceptors (Lipinski definition) is 3. The predicted octanol–water partition coefficient (Wildman–Crippen LogP) is 5.44. The van der Waals surface area contributed by atoms with Gasteiger partial charge < -0.3 is 10.2 Å². The number of halogens is 5. The first kappa shape index (κ1) is 27.5. The molecule has 1 atom stereocenters. The molecule has 2 amide bonds. The summed E-state index contributed by atoms with van der Waals surface area (Å²) in [6.45, 7) is 3.05. The van der Waals surface area contributed by atoms with Gasteiger partial charge in [-0.2, -0.15) is 18.3 Å². The summed E-state index contributed by atoms with van der Waals surface area (Å²) in [7, 11) is 1.57. The fraction of sp³-hybridized carbons (Fsp3) is 0.240. The summed E-state index contributed by atoms with van der Waals surface area (Å²) in [4.78, 5) is 27.7. The monoisotopic (exact) mass is 582 g/mol. The molecule has 0 fully saturated rings. The fourth-order valence-corrected chi connectivity index (χ4v) is 4.12. The van der Waals surface area contributed by atoms with Gasteiger partial charge in [0.25, 0.3) is 0 Å². The van der Waals surface area contributed by atoms with E-state index in [0.717, 1.165) is 20.8 Å². The summed E-state index contributed by atoms with van der Waals surface area (Å²) in [6, 6.07) is 13.8. The van der Waals surface area contributed by atoms with E-state index in [-0.39, 0.29) is 18.5 Å². The minimum absolute atomic E-state index is 0.0933. The van der Waals surface area contributed by atoms with Gasteiger partial charge in [-0.1, -0.05) is 45.7 Å².